The first-order valence-corrected chi connectivity index (χ1v) is 8.24. The Kier molecular flexibility index (Phi) is 3.69. The first kappa shape index (κ1) is 12.9. The highest BCUT2D eigenvalue weighted by atomic mass is 32.2. The lowest BCUT2D eigenvalue weighted by molar-refractivity contribution is 0.161. The molecule has 4 heteroatoms. The third kappa shape index (κ3) is 2.59. The number of urea groups is 1. The highest BCUT2D eigenvalue weighted by Crippen LogP contribution is 2.39. The van der Waals surface area contributed by atoms with E-state index in [0.717, 1.165) is 23.8 Å². The zero-order valence-corrected chi connectivity index (χ0v) is 12.0. The average molecular weight is 276 g/mol. The number of hydrogen-bond acceptors (Lipinski definition) is 2. The number of nitrogens with zero attached hydrogens (tertiary/aromatic N) is 1. The Morgan fingerprint density at radius 3 is 2.42 bits per heavy atom. The van der Waals surface area contributed by atoms with E-state index in [0.29, 0.717) is 12.1 Å². The molecule has 19 heavy (non-hydrogen) atoms. The third-order valence-corrected chi connectivity index (χ3v) is 5.33. The molecule has 2 heterocycles. The van der Waals surface area contributed by atoms with Gasteiger partial charge in [0.1, 0.15) is 0 Å². The van der Waals surface area contributed by atoms with E-state index in [9.17, 15) is 4.79 Å². The van der Waals surface area contributed by atoms with Crippen LogP contribution in [0.1, 0.15) is 25.7 Å². The van der Waals surface area contributed by atoms with E-state index in [-0.39, 0.29) is 6.03 Å². The van der Waals surface area contributed by atoms with Crippen molar-refractivity contribution in [2.75, 3.05) is 11.6 Å². The second-order valence-corrected chi connectivity index (χ2v) is 6.56. The molecule has 3 rings (SSSR count). The Morgan fingerprint density at radius 1 is 1.21 bits per heavy atom. The normalized spacial score (nSPS) is 29.3. The molecule has 0 aliphatic carbocycles. The highest BCUT2D eigenvalue weighted by Gasteiger charge is 2.42. The van der Waals surface area contributed by atoms with Gasteiger partial charge in [-0.2, -0.15) is 11.8 Å². The van der Waals surface area contributed by atoms with E-state index in [4.69, 9.17) is 0 Å². The monoisotopic (exact) mass is 276 g/mol. The Hall–Kier alpha value is -1.16. The van der Waals surface area contributed by atoms with E-state index < -0.39 is 0 Å². The van der Waals surface area contributed by atoms with Crippen molar-refractivity contribution in [3.05, 3.63) is 30.3 Å². The molecule has 1 aromatic carbocycles. The predicted molar refractivity (Wildman–Crippen MR) is 80.6 cm³/mol. The van der Waals surface area contributed by atoms with Crippen LogP contribution in [0.4, 0.5) is 10.5 Å². The number of nitrogens with one attached hydrogen (secondary N) is 1. The number of anilines is 1. The standard InChI is InChI=1S/C15H20N2OS/c1-19-14-9-12-7-8-13(10-14)17(12)15(18)16-11-5-3-2-4-6-11/h2-6,12-14H,7-10H2,1H3,(H,16,18)/t12-,13+,14?. The fraction of sp³-hybridized carbons (Fsp3) is 0.533. The van der Waals surface area contributed by atoms with Gasteiger partial charge in [-0.05, 0) is 44.1 Å². The molecule has 2 bridgehead atoms. The van der Waals surface area contributed by atoms with Crippen molar-refractivity contribution in [1.82, 2.24) is 4.90 Å². The molecule has 1 N–H and O–H groups in total. The van der Waals surface area contributed by atoms with Gasteiger partial charge in [-0.15, -0.1) is 0 Å². The largest absolute Gasteiger partial charge is 0.322 e. The van der Waals surface area contributed by atoms with Gasteiger partial charge >= 0.3 is 6.03 Å². The lowest BCUT2D eigenvalue weighted by Crippen LogP contribution is -2.49. The first-order chi connectivity index (χ1) is 9.28. The van der Waals surface area contributed by atoms with Crippen molar-refractivity contribution in [3.63, 3.8) is 0 Å². The Bertz CT molecular complexity index is 437. The van der Waals surface area contributed by atoms with E-state index in [2.05, 4.69) is 16.5 Å². The summed E-state index contributed by atoms with van der Waals surface area (Å²) < 4.78 is 0. The molecule has 0 spiro atoms. The lowest BCUT2D eigenvalue weighted by atomic mass is 10.0. The smallest absolute Gasteiger partial charge is 0.318 e. The molecule has 1 aromatic rings. The van der Waals surface area contributed by atoms with Crippen LogP contribution in [0.3, 0.4) is 0 Å². The van der Waals surface area contributed by atoms with Crippen LogP contribution in [0.5, 0.6) is 0 Å². The SMILES string of the molecule is CSC1C[C@H]2CC[C@@H](C1)N2C(=O)Nc1ccccc1. The maximum Gasteiger partial charge on any atom is 0.322 e. The minimum absolute atomic E-state index is 0.0817. The van der Waals surface area contributed by atoms with Crippen molar-refractivity contribution in [2.24, 2.45) is 0 Å². The van der Waals surface area contributed by atoms with E-state index in [1.807, 2.05) is 42.1 Å². The number of benzene rings is 1. The second-order valence-electron chi connectivity index (χ2n) is 5.42. The predicted octanol–water partition coefficient (Wildman–Crippen LogP) is 3.58. The van der Waals surface area contributed by atoms with Crippen LogP contribution < -0.4 is 5.32 Å². The minimum atomic E-state index is 0.0817. The summed E-state index contributed by atoms with van der Waals surface area (Å²) in [6, 6.07) is 10.7. The van der Waals surface area contributed by atoms with Crippen LogP contribution in [0.25, 0.3) is 0 Å². The molecule has 0 radical (unpaired) electrons. The number of hydrogen-bond donors (Lipinski definition) is 1. The summed E-state index contributed by atoms with van der Waals surface area (Å²) >= 11 is 1.95. The zero-order chi connectivity index (χ0) is 13.2. The maximum absolute atomic E-state index is 12.4. The number of thioether (sulfide) groups is 1. The summed E-state index contributed by atoms with van der Waals surface area (Å²) in [6.45, 7) is 0. The number of carbonyl (C=O) groups excluding carboxylic acids is 1. The summed E-state index contributed by atoms with van der Waals surface area (Å²) in [6.07, 6.45) is 6.83. The van der Waals surface area contributed by atoms with Gasteiger partial charge in [0.25, 0.3) is 0 Å². The van der Waals surface area contributed by atoms with Gasteiger partial charge in [-0.25, -0.2) is 4.79 Å². The fourth-order valence-electron chi connectivity index (χ4n) is 3.36. The van der Waals surface area contributed by atoms with Gasteiger partial charge in [0.15, 0.2) is 0 Å². The van der Waals surface area contributed by atoms with E-state index in [1.54, 1.807) is 0 Å². The molecule has 2 aliphatic heterocycles. The number of carbonyl (C=O) groups is 1. The van der Waals surface area contributed by atoms with Gasteiger partial charge in [0.05, 0.1) is 0 Å². The van der Waals surface area contributed by atoms with Crippen molar-refractivity contribution < 1.29 is 4.79 Å². The molecular weight excluding hydrogens is 256 g/mol. The molecule has 2 aliphatic rings. The molecule has 102 valence electrons. The Balaban J connectivity index is 1.68. The summed E-state index contributed by atoms with van der Waals surface area (Å²) in [5, 5.41) is 3.76. The van der Waals surface area contributed by atoms with Gasteiger partial charge in [-0.1, -0.05) is 18.2 Å². The number of fused-ring (bicyclic) bond motifs is 2. The summed E-state index contributed by atoms with van der Waals surface area (Å²) in [4.78, 5) is 14.5. The van der Waals surface area contributed by atoms with Crippen molar-refractivity contribution in [3.8, 4) is 0 Å². The molecule has 2 fully saturated rings. The number of rotatable bonds is 2. The fourth-order valence-corrected chi connectivity index (χ4v) is 4.19. The molecule has 3 nitrogen and oxygen atoms in total. The molecule has 0 aromatic heterocycles. The summed E-state index contributed by atoms with van der Waals surface area (Å²) in [5.41, 5.74) is 0.888. The van der Waals surface area contributed by atoms with Crippen LogP contribution >= 0.6 is 11.8 Å². The number of amides is 2. The van der Waals surface area contributed by atoms with Gasteiger partial charge in [0, 0.05) is 23.0 Å². The van der Waals surface area contributed by atoms with Crippen LogP contribution in [-0.2, 0) is 0 Å². The van der Waals surface area contributed by atoms with Crippen molar-refractivity contribution in [2.45, 2.75) is 43.0 Å². The Labute approximate surface area is 118 Å². The van der Waals surface area contributed by atoms with E-state index in [1.165, 1.54) is 12.8 Å². The molecule has 1 unspecified atom stereocenters. The number of para-hydroxylation sites is 1. The van der Waals surface area contributed by atoms with Crippen molar-refractivity contribution in [1.29, 1.82) is 0 Å². The highest BCUT2D eigenvalue weighted by molar-refractivity contribution is 7.99. The Morgan fingerprint density at radius 2 is 1.84 bits per heavy atom. The molecule has 3 atom stereocenters. The van der Waals surface area contributed by atoms with Crippen LogP contribution in [0, 0.1) is 0 Å². The lowest BCUT2D eigenvalue weighted by Gasteiger charge is -2.38. The molecule has 2 saturated heterocycles. The summed E-state index contributed by atoms with van der Waals surface area (Å²) in [5.74, 6) is 0. The van der Waals surface area contributed by atoms with Gasteiger partial charge in [0.2, 0.25) is 0 Å². The van der Waals surface area contributed by atoms with Crippen LogP contribution in [0.2, 0.25) is 0 Å². The molecule has 0 saturated carbocycles. The van der Waals surface area contributed by atoms with Gasteiger partial charge < -0.3 is 10.2 Å². The minimum Gasteiger partial charge on any atom is -0.318 e. The topological polar surface area (TPSA) is 32.3 Å². The maximum atomic E-state index is 12.4. The average Bonchev–Trinajstić information content (AvgIpc) is 2.71. The van der Waals surface area contributed by atoms with E-state index >= 15 is 0 Å². The first-order valence-electron chi connectivity index (χ1n) is 6.95. The van der Waals surface area contributed by atoms with Crippen LogP contribution in [-0.4, -0.2) is 34.5 Å². The third-order valence-electron chi connectivity index (χ3n) is 4.28. The molecular formula is C15H20N2OS. The number of piperidine rings is 1. The van der Waals surface area contributed by atoms with Gasteiger partial charge in [-0.3, -0.25) is 0 Å². The summed E-state index contributed by atoms with van der Waals surface area (Å²) in [7, 11) is 0. The zero-order valence-electron chi connectivity index (χ0n) is 11.2. The second kappa shape index (κ2) is 5.45. The van der Waals surface area contributed by atoms with Crippen LogP contribution in [0.15, 0.2) is 30.3 Å². The van der Waals surface area contributed by atoms with Crippen molar-refractivity contribution >= 4 is 23.5 Å². The molecule has 2 amide bonds. The quantitative estimate of drug-likeness (QED) is 0.895.